The molecule has 0 amide bonds. The van der Waals surface area contributed by atoms with E-state index in [1.807, 2.05) is 0 Å². The van der Waals surface area contributed by atoms with E-state index in [0.29, 0.717) is 35.6 Å². The minimum Gasteiger partial charge on any atom is -0.492 e. The van der Waals surface area contributed by atoms with Crippen LogP contribution in [0, 0.1) is 0 Å². The smallest absolute Gasteiger partial charge is 0.280 e. The van der Waals surface area contributed by atoms with Crippen molar-refractivity contribution in [2.75, 3.05) is 12.3 Å². The van der Waals surface area contributed by atoms with Crippen LogP contribution in [0.25, 0.3) is 11.0 Å². The highest BCUT2D eigenvalue weighted by molar-refractivity contribution is 5.72. The lowest BCUT2D eigenvalue weighted by Crippen LogP contribution is -2.26. The lowest BCUT2D eigenvalue weighted by molar-refractivity contribution is 0.285. The summed E-state index contributed by atoms with van der Waals surface area (Å²) in [5.41, 5.74) is 6.52. The first kappa shape index (κ1) is 13.1. The predicted octanol–water partition coefficient (Wildman–Crippen LogP) is 0.186. The molecule has 8 nitrogen and oxygen atoms in total. The second-order valence-electron chi connectivity index (χ2n) is 4.54. The molecule has 21 heavy (non-hydrogen) atoms. The Kier molecular flexibility index (Phi) is 3.27. The van der Waals surface area contributed by atoms with E-state index in [4.69, 9.17) is 10.5 Å². The van der Waals surface area contributed by atoms with Gasteiger partial charge in [-0.25, -0.2) is 9.36 Å². The summed E-state index contributed by atoms with van der Waals surface area (Å²) in [6.07, 6.45) is 1.49. The molecule has 0 radical (unpaired) electrons. The highest BCUT2D eigenvalue weighted by Crippen LogP contribution is 2.14. The van der Waals surface area contributed by atoms with E-state index in [1.165, 1.54) is 15.6 Å². The molecule has 108 valence electrons. The summed E-state index contributed by atoms with van der Waals surface area (Å²) in [5.74, 6) is 0.651. The van der Waals surface area contributed by atoms with Gasteiger partial charge in [0.15, 0.2) is 5.65 Å². The Labute approximate surface area is 119 Å². The van der Waals surface area contributed by atoms with Crippen LogP contribution in [-0.2, 0) is 13.6 Å². The van der Waals surface area contributed by atoms with Crippen LogP contribution in [0.15, 0.2) is 35.3 Å². The van der Waals surface area contributed by atoms with Crippen molar-refractivity contribution in [3.05, 3.63) is 40.8 Å². The minimum absolute atomic E-state index is 0.232. The van der Waals surface area contributed by atoms with Gasteiger partial charge in [-0.15, -0.1) is 5.10 Å². The number of anilines is 1. The maximum Gasteiger partial charge on any atom is 0.280 e. The van der Waals surface area contributed by atoms with Gasteiger partial charge in [0.2, 0.25) is 0 Å². The highest BCUT2D eigenvalue weighted by atomic mass is 16.5. The molecular weight excluding hydrogens is 272 g/mol. The van der Waals surface area contributed by atoms with E-state index >= 15 is 0 Å². The number of fused-ring (bicyclic) bond motifs is 1. The van der Waals surface area contributed by atoms with Crippen molar-refractivity contribution >= 4 is 16.7 Å². The fourth-order valence-corrected chi connectivity index (χ4v) is 1.98. The molecule has 0 aliphatic carbocycles. The second kappa shape index (κ2) is 5.23. The van der Waals surface area contributed by atoms with E-state index in [1.54, 1.807) is 31.3 Å². The predicted molar refractivity (Wildman–Crippen MR) is 76.9 cm³/mol. The SMILES string of the molecule is Cn1ncc2c(=O)n(CCOc3cccc(N)c3)nnc21. The number of nitrogens with zero attached hydrogens (tertiary/aromatic N) is 5. The Hall–Kier alpha value is -2.90. The van der Waals surface area contributed by atoms with Crippen molar-refractivity contribution in [2.45, 2.75) is 6.54 Å². The molecule has 0 saturated heterocycles. The normalized spacial score (nSPS) is 10.9. The van der Waals surface area contributed by atoms with Crippen molar-refractivity contribution in [3.63, 3.8) is 0 Å². The fourth-order valence-electron chi connectivity index (χ4n) is 1.98. The van der Waals surface area contributed by atoms with Gasteiger partial charge in [0, 0.05) is 18.8 Å². The third kappa shape index (κ3) is 2.55. The largest absolute Gasteiger partial charge is 0.492 e. The lowest BCUT2D eigenvalue weighted by Gasteiger charge is -2.07. The summed E-state index contributed by atoms with van der Waals surface area (Å²) >= 11 is 0. The number of hydrogen-bond acceptors (Lipinski definition) is 6. The molecule has 0 fully saturated rings. The molecule has 2 aromatic heterocycles. The molecule has 2 heterocycles. The molecule has 2 N–H and O–H groups in total. The summed E-state index contributed by atoms with van der Waals surface area (Å²) in [6.45, 7) is 0.593. The number of nitrogen functional groups attached to an aromatic ring is 1. The number of aromatic nitrogens is 5. The van der Waals surface area contributed by atoms with E-state index < -0.39 is 0 Å². The Morgan fingerprint density at radius 3 is 3.05 bits per heavy atom. The summed E-state index contributed by atoms with van der Waals surface area (Å²) in [5, 5.41) is 12.3. The zero-order valence-corrected chi connectivity index (χ0v) is 11.4. The van der Waals surface area contributed by atoms with Gasteiger partial charge in [-0.05, 0) is 12.1 Å². The van der Waals surface area contributed by atoms with Crippen LogP contribution in [0.4, 0.5) is 5.69 Å². The van der Waals surface area contributed by atoms with Gasteiger partial charge in [0.25, 0.3) is 5.56 Å². The number of nitrogens with two attached hydrogens (primary N) is 1. The van der Waals surface area contributed by atoms with Gasteiger partial charge >= 0.3 is 0 Å². The van der Waals surface area contributed by atoms with Crippen molar-refractivity contribution in [3.8, 4) is 5.75 Å². The second-order valence-corrected chi connectivity index (χ2v) is 4.54. The summed E-state index contributed by atoms with van der Waals surface area (Å²) in [6, 6.07) is 7.10. The Morgan fingerprint density at radius 1 is 1.38 bits per heavy atom. The summed E-state index contributed by atoms with van der Waals surface area (Å²) in [4.78, 5) is 12.2. The molecule has 0 spiro atoms. The molecule has 0 unspecified atom stereocenters. The van der Waals surface area contributed by atoms with Crippen LogP contribution in [0.2, 0.25) is 0 Å². The van der Waals surface area contributed by atoms with Gasteiger partial charge in [-0.1, -0.05) is 11.3 Å². The van der Waals surface area contributed by atoms with E-state index in [-0.39, 0.29) is 5.56 Å². The standard InChI is InChI=1S/C13H14N6O2/c1-18-12-11(8-15-18)13(20)19(17-16-12)5-6-21-10-4-2-3-9(14)7-10/h2-4,7-8H,5-6,14H2,1H3. The molecule has 0 bridgehead atoms. The Balaban J connectivity index is 1.74. The van der Waals surface area contributed by atoms with Crippen LogP contribution >= 0.6 is 0 Å². The quantitative estimate of drug-likeness (QED) is 0.687. The number of rotatable bonds is 4. The first-order valence-electron chi connectivity index (χ1n) is 6.39. The summed E-state index contributed by atoms with van der Waals surface area (Å²) in [7, 11) is 1.71. The number of ether oxygens (including phenoxy) is 1. The number of aryl methyl sites for hydroxylation is 1. The number of hydrogen-bond donors (Lipinski definition) is 1. The topological polar surface area (TPSA) is 101 Å². The molecule has 1 aromatic carbocycles. The molecular formula is C13H14N6O2. The Morgan fingerprint density at radius 2 is 2.24 bits per heavy atom. The monoisotopic (exact) mass is 286 g/mol. The third-order valence-electron chi connectivity index (χ3n) is 3.05. The maximum atomic E-state index is 12.2. The zero-order valence-electron chi connectivity index (χ0n) is 11.4. The van der Waals surface area contributed by atoms with Crippen molar-refractivity contribution in [1.29, 1.82) is 0 Å². The third-order valence-corrected chi connectivity index (χ3v) is 3.05. The molecule has 0 aliphatic heterocycles. The first-order chi connectivity index (χ1) is 10.1. The minimum atomic E-state index is -0.232. The van der Waals surface area contributed by atoms with E-state index in [2.05, 4.69) is 15.4 Å². The number of benzene rings is 1. The van der Waals surface area contributed by atoms with Gasteiger partial charge in [-0.2, -0.15) is 5.10 Å². The summed E-state index contributed by atoms with van der Waals surface area (Å²) < 4.78 is 8.31. The maximum absolute atomic E-state index is 12.2. The Bertz CT molecular complexity index is 838. The average molecular weight is 286 g/mol. The van der Waals surface area contributed by atoms with Gasteiger partial charge in [0.05, 0.1) is 12.7 Å². The van der Waals surface area contributed by atoms with Gasteiger partial charge in [0.1, 0.15) is 17.7 Å². The lowest BCUT2D eigenvalue weighted by atomic mass is 10.3. The van der Waals surface area contributed by atoms with Crippen LogP contribution in [0.3, 0.4) is 0 Å². The highest BCUT2D eigenvalue weighted by Gasteiger charge is 2.09. The van der Waals surface area contributed by atoms with E-state index in [9.17, 15) is 4.79 Å². The van der Waals surface area contributed by atoms with Gasteiger partial charge < -0.3 is 10.5 Å². The first-order valence-corrected chi connectivity index (χ1v) is 6.39. The molecule has 0 atom stereocenters. The van der Waals surface area contributed by atoms with Crippen LogP contribution in [0.1, 0.15) is 0 Å². The average Bonchev–Trinajstić information content (AvgIpc) is 2.84. The fraction of sp³-hybridized carbons (Fsp3) is 0.231. The molecule has 0 saturated carbocycles. The van der Waals surface area contributed by atoms with Crippen LogP contribution < -0.4 is 16.0 Å². The molecule has 3 aromatic rings. The van der Waals surface area contributed by atoms with E-state index in [0.717, 1.165) is 0 Å². The molecule has 8 heteroatoms. The van der Waals surface area contributed by atoms with Crippen molar-refractivity contribution < 1.29 is 4.74 Å². The molecule has 3 rings (SSSR count). The van der Waals surface area contributed by atoms with Crippen LogP contribution in [-0.4, -0.2) is 31.4 Å². The molecule has 0 aliphatic rings. The van der Waals surface area contributed by atoms with Crippen molar-refractivity contribution in [1.82, 2.24) is 24.8 Å². The van der Waals surface area contributed by atoms with Gasteiger partial charge in [-0.3, -0.25) is 4.79 Å². The van der Waals surface area contributed by atoms with Crippen molar-refractivity contribution in [2.24, 2.45) is 7.05 Å². The zero-order chi connectivity index (χ0) is 14.8. The van der Waals surface area contributed by atoms with Crippen LogP contribution in [0.5, 0.6) is 5.75 Å².